The van der Waals surface area contributed by atoms with Crippen molar-refractivity contribution >= 4 is 11.6 Å². The van der Waals surface area contributed by atoms with E-state index in [1.54, 1.807) is 64.8 Å². The zero-order chi connectivity index (χ0) is 19.9. The summed E-state index contributed by atoms with van der Waals surface area (Å²) in [6.07, 6.45) is 1.35. The van der Waals surface area contributed by atoms with Crippen LogP contribution in [0.15, 0.2) is 42.7 Å². The van der Waals surface area contributed by atoms with Gasteiger partial charge in [-0.05, 0) is 24.3 Å². The Bertz CT molecular complexity index is 909. The second-order valence-corrected chi connectivity index (χ2v) is 5.41. The summed E-state index contributed by atoms with van der Waals surface area (Å²) in [4.78, 5) is 12.4. The van der Waals surface area contributed by atoms with Gasteiger partial charge in [-0.25, -0.2) is 4.98 Å². The lowest BCUT2D eigenvalue weighted by Gasteiger charge is -2.14. The molecule has 0 saturated heterocycles. The highest BCUT2D eigenvalue weighted by Crippen LogP contribution is 2.40. The number of ether oxygens (including phenoxy) is 5. The van der Waals surface area contributed by atoms with E-state index in [9.17, 15) is 0 Å². The Balaban J connectivity index is 1.80. The van der Waals surface area contributed by atoms with Crippen molar-refractivity contribution < 1.29 is 23.7 Å². The maximum absolute atomic E-state index is 5.66. The summed E-state index contributed by atoms with van der Waals surface area (Å²) >= 11 is 0. The summed E-state index contributed by atoms with van der Waals surface area (Å²) in [5.41, 5.74) is 0.649. The maximum Gasteiger partial charge on any atom is 0.326 e. The standard InChI is InChI=1S/C19H20N4O5/c1-24-13-5-7-14(8-6-13)28-19-21-11-20-18(23-19)22-12-9-15(25-2)17(27-4)16(10-12)26-3/h5-11H,1-4H3,(H,20,21,22,23). The lowest BCUT2D eigenvalue weighted by molar-refractivity contribution is 0.324. The van der Waals surface area contributed by atoms with Crippen molar-refractivity contribution in [1.82, 2.24) is 15.0 Å². The number of hydrogen-bond acceptors (Lipinski definition) is 9. The second-order valence-electron chi connectivity index (χ2n) is 5.41. The van der Waals surface area contributed by atoms with E-state index in [1.165, 1.54) is 6.33 Å². The van der Waals surface area contributed by atoms with Gasteiger partial charge in [-0.2, -0.15) is 9.97 Å². The molecule has 0 aliphatic carbocycles. The summed E-state index contributed by atoms with van der Waals surface area (Å²) in [6.45, 7) is 0. The first-order valence-corrected chi connectivity index (χ1v) is 8.24. The fraction of sp³-hybridized carbons (Fsp3) is 0.211. The zero-order valence-electron chi connectivity index (χ0n) is 15.9. The third-order valence-electron chi connectivity index (χ3n) is 3.74. The minimum absolute atomic E-state index is 0.148. The Kier molecular flexibility index (Phi) is 5.95. The van der Waals surface area contributed by atoms with Gasteiger partial charge in [-0.1, -0.05) is 0 Å². The Labute approximate surface area is 162 Å². The van der Waals surface area contributed by atoms with Crippen LogP contribution in [0.5, 0.6) is 34.8 Å². The molecule has 0 saturated carbocycles. The first kappa shape index (κ1) is 19.0. The van der Waals surface area contributed by atoms with E-state index < -0.39 is 0 Å². The molecule has 0 atom stereocenters. The second kappa shape index (κ2) is 8.76. The lowest BCUT2D eigenvalue weighted by Crippen LogP contribution is -2.02. The molecule has 146 valence electrons. The molecule has 0 aliphatic heterocycles. The van der Waals surface area contributed by atoms with Crippen LogP contribution in [0.25, 0.3) is 0 Å². The van der Waals surface area contributed by atoms with Gasteiger partial charge >= 0.3 is 6.01 Å². The van der Waals surface area contributed by atoms with Crippen LogP contribution in [0.1, 0.15) is 0 Å². The van der Waals surface area contributed by atoms with Crippen LogP contribution in [0.2, 0.25) is 0 Å². The van der Waals surface area contributed by atoms with Crippen LogP contribution in [0.3, 0.4) is 0 Å². The van der Waals surface area contributed by atoms with E-state index in [2.05, 4.69) is 20.3 Å². The number of rotatable bonds is 8. The summed E-state index contributed by atoms with van der Waals surface area (Å²) in [6, 6.07) is 10.7. The van der Waals surface area contributed by atoms with Gasteiger partial charge < -0.3 is 29.0 Å². The number of benzene rings is 2. The molecule has 0 radical (unpaired) electrons. The topological polar surface area (TPSA) is 96.9 Å². The summed E-state index contributed by atoms with van der Waals surface area (Å²) in [7, 11) is 6.24. The van der Waals surface area contributed by atoms with E-state index in [0.29, 0.717) is 34.6 Å². The molecular weight excluding hydrogens is 364 g/mol. The van der Waals surface area contributed by atoms with Gasteiger partial charge in [0, 0.05) is 17.8 Å². The molecule has 1 heterocycles. The van der Waals surface area contributed by atoms with Crippen molar-refractivity contribution in [2.45, 2.75) is 0 Å². The van der Waals surface area contributed by atoms with E-state index in [4.69, 9.17) is 23.7 Å². The highest BCUT2D eigenvalue weighted by Gasteiger charge is 2.14. The molecule has 0 amide bonds. The Morgan fingerprint density at radius 2 is 1.39 bits per heavy atom. The van der Waals surface area contributed by atoms with E-state index >= 15 is 0 Å². The molecule has 3 aromatic rings. The molecule has 0 bridgehead atoms. The highest BCUT2D eigenvalue weighted by atomic mass is 16.5. The summed E-state index contributed by atoms with van der Waals surface area (Å²) in [5, 5.41) is 3.07. The molecule has 0 fully saturated rings. The van der Waals surface area contributed by atoms with Gasteiger partial charge in [-0.15, -0.1) is 0 Å². The first-order chi connectivity index (χ1) is 13.7. The van der Waals surface area contributed by atoms with Gasteiger partial charge in [0.1, 0.15) is 17.8 Å². The molecule has 0 aliphatic rings. The number of nitrogens with zero attached hydrogens (tertiary/aromatic N) is 3. The average Bonchev–Trinajstić information content (AvgIpc) is 2.73. The number of methoxy groups -OCH3 is 4. The van der Waals surface area contributed by atoms with Crippen LogP contribution in [0, 0.1) is 0 Å². The monoisotopic (exact) mass is 384 g/mol. The van der Waals surface area contributed by atoms with Crippen LogP contribution < -0.4 is 29.0 Å². The maximum atomic E-state index is 5.66. The van der Waals surface area contributed by atoms with Crippen molar-refractivity contribution in [2.75, 3.05) is 33.8 Å². The quantitative estimate of drug-likeness (QED) is 0.626. The molecular formula is C19H20N4O5. The van der Waals surface area contributed by atoms with Gasteiger partial charge in [0.15, 0.2) is 11.5 Å². The fourth-order valence-electron chi connectivity index (χ4n) is 2.42. The Morgan fingerprint density at radius 1 is 0.750 bits per heavy atom. The van der Waals surface area contributed by atoms with Crippen molar-refractivity contribution in [2.24, 2.45) is 0 Å². The molecule has 1 aromatic heterocycles. The molecule has 9 nitrogen and oxygen atoms in total. The van der Waals surface area contributed by atoms with E-state index in [1.807, 2.05) is 0 Å². The van der Waals surface area contributed by atoms with Crippen LogP contribution in [-0.4, -0.2) is 43.4 Å². The summed E-state index contributed by atoms with van der Waals surface area (Å²) in [5.74, 6) is 3.11. The largest absolute Gasteiger partial charge is 0.497 e. The average molecular weight is 384 g/mol. The van der Waals surface area contributed by atoms with E-state index in [-0.39, 0.29) is 6.01 Å². The Hall–Kier alpha value is -3.75. The van der Waals surface area contributed by atoms with Crippen LogP contribution in [0.4, 0.5) is 11.6 Å². The van der Waals surface area contributed by atoms with Gasteiger partial charge in [0.2, 0.25) is 11.7 Å². The van der Waals surface area contributed by atoms with Crippen molar-refractivity contribution in [3.05, 3.63) is 42.7 Å². The SMILES string of the molecule is COc1ccc(Oc2ncnc(Nc3cc(OC)c(OC)c(OC)c3)n2)cc1. The van der Waals surface area contributed by atoms with Crippen molar-refractivity contribution in [1.29, 1.82) is 0 Å². The number of aromatic nitrogens is 3. The van der Waals surface area contributed by atoms with Crippen molar-refractivity contribution in [3.8, 4) is 34.8 Å². The zero-order valence-corrected chi connectivity index (χ0v) is 15.9. The van der Waals surface area contributed by atoms with Gasteiger partial charge in [-0.3, -0.25) is 0 Å². The first-order valence-electron chi connectivity index (χ1n) is 8.24. The normalized spacial score (nSPS) is 10.1. The predicted octanol–water partition coefficient (Wildman–Crippen LogP) is 3.44. The van der Waals surface area contributed by atoms with Crippen LogP contribution in [-0.2, 0) is 0 Å². The van der Waals surface area contributed by atoms with E-state index in [0.717, 1.165) is 5.75 Å². The summed E-state index contributed by atoms with van der Waals surface area (Å²) < 4.78 is 26.8. The molecule has 2 aromatic carbocycles. The number of anilines is 2. The molecule has 0 unspecified atom stereocenters. The number of nitrogens with one attached hydrogen (secondary N) is 1. The van der Waals surface area contributed by atoms with Crippen molar-refractivity contribution in [3.63, 3.8) is 0 Å². The Morgan fingerprint density at radius 3 is 1.96 bits per heavy atom. The minimum Gasteiger partial charge on any atom is -0.497 e. The predicted molar refractivity (Wildman–Crippen MR) is 102 cm³/mol. The number of hydrogen-bond donors (Lipinski definition) is 1. The molecule has 28 heavy (non-hydrogen) atoms. The van der Waals surface area contributed by atoms with Crippen LogP contribution >= 0.6 is 0 Å². The van der Waals surface area contributed by atoms with Gasteiger partial charge in [0.05, 0.1) is 28.4 Å². The highest BCUT2D eigenvalue weighted by molar-refractivity contribution is 5.65. The minimum atomic E-state index is 0.148. The molecule has 1 N–H and O–H groups in total. The smallest absolute Gasteiger partial charge is 0.326 e. The lowest BCUT2D eigenvalue weighted by atomic mass is 10.2. The molecule has 9 heteroatoms. The third-order valence-corrected chi connectivity index (χ3v) is 3.74. The van der Waals surface area contributed by atoms with Gasteiger partial charge in [0.25, 0.3) is 0 Å². The third kappa shape index (κ3) is 4.32. The molecule has 3 rings (SSSR count). The fourth-order valence-corrected chi connectivity index (χ4v) is 2.42. The molecule has 0 spiro atoms.